The lowest BCUT2D eigenvalue weighted by Gasteiger charge is -2.23. The largest absolute Gasteiger partial charge is 0.356 e. The Morgan fingerprint density at radius 2 is 2.19 bits per heavy atom. The van der Waals surface area contributed by atoms with Gasteiger partial charge in [0, 0.05) is 25.2 Å². The smallest absolute Gasteiger partial charge is 0.227 e. The SMILES string of the molecule is CCC(C)c1ccccc1N1CC(C(=O)NCCC2CCNC2)CC1=O. The van der Waals surface area contributed by atoms with Gasteiger partial charge in [-0.25, -0.2) is 0 Å². The molecule has 2 saturated heterocycles. The van der Waals surface area contributed by atoms with Crippen molar-refractivity contribution in [1.82, 2.24) is 10.6 Å². The van der Waals surface area contributed by atoms with Crippen molar-refractivity contribution < 1.29 is 9.59 Å². The van der Waals surface area contributed by atoms with Crippen molar-refractivity contribution in [2.45, 2.75) is 45.4 Å². The quantitative estimate of drug-likeness (QED) is 0.789. The zero-order valence-electron chi connectivity index (χ0n) is 16.0. The van der Waals surface area contributed by atoms with Gasteiger partial charge in [0.2, 0.25) is 11.8 Å². The minimum atomic E-state index is -0.241. The Labute approximate surface area is 156 Å². The highest BCUT2D eigenvalue weighted by atomic mass is 16.2. The number of rotatable bonds is 7. The van der Waals surface area contributed by atoms with Gasteiger partial charge >= 0.3 is 0 Å². The lowest BCUT2D eigenvalue weighted by Crippen LogP contribution is -2.34. The van der Waals surface area contributed by atoms with E-state index in [0.717, 1.165) is 31.6 Å². The van der Waals surface area contributed by atoms with Crippen LogP contribution in [0, 0.1) is 11.8 Å². The van der Waals surface area contributed by atoms with Crippen LogP contribution in [0.15, 0.2) is 24.3 Å². The third-order valence-electron chi connectivity index (χ3n) is 5.88. The molecule has 3 atom stereocenters. The van der Waals surface area contributed by atoms with E-state index in [1.54, 1.807) is 0 Å². The molecule has 3 rings (SSSR count). The van der Waals surface area contributed by atoms with E-state index in [9.17, 15) is 9.59 Å². The number of para-hydroxylation sites is 1. The average Bonchev–Trinajstić information content (AvgIpc) is 3.30. The van der Waals surface area contributed by atoms with E-state index < -0.39 is 0 Å². The Morgan fingerprint density at radius 1 is 1.38 bits per heavy atom. The fourth-order valence-corrected chi connectivity index (χ4v) is 3.99. The summed E-state index contributed by atoms with van der Waals surface area (Å²) in [7, 11) is 0. The first-order valence-corrected chi connectivity index (χ1v) is 9.97. The maximum Gasteiger partial charge on any atom is 0.227 e. The van der Waals surface area contributed by atoms with Gasteiger partial charge in [0.1, 0.15) is 0 Å². The lowest BCUT2D eigenvalue weighted by molar-refractivity contribution is -0.126. The van der Waals surface area contributed by atoms with Crippen LogP contribution in [-0.2, 0) is 9.59 Å². The summed E-state index contributed by atoms with van der Waals surface area (Å²) in [5.74, 6) is 0.897. The van der Waals surface area contributed by atoms with Crippen LogP contribution in [0.3, 0.4) is 0 Å². The van der Waals surface area contributed by atoms with Crippen molar-refractivity contribution in [3.05, 3.63) is 29.8 Å². The van der Waals surface area contributed by atoms with Gasteiger partial charge in [-0.2, -0.15) is 0 Å². The number of hydrogen-bond acceptors (Lipinski definition) is 3. The molecule has 0 bridgehead atoms. The van der Waals surface area contributed by atoms with E-state index in [-0.39, 0.29) is 17.7 Å². The second-order valence-electron chi connectivity index (χ2n) is 7.71. The van der Waals surface area contributed by atoms with E-state index in [4.69, 9.17) is 0 Å². The zero-order chi connectivity index (χ0) is 18.5. The predicted molar refractivity (Wildman–Crippen MR) is 104 cm³/mol. The van der Waals surface area contributed by atoms with Gasteiger partial charge in [-0.1, -0.05) is 32.0 Å². The van der Waals surface area contributed by atoms with Gasteiger partial charge in [-0.3, -0.25) is 9.59 Å². The molecule has 2 amide bonds. The van der Waals surface area contributed by atoms with Gasteiger partial charge in [-0.15, -0.1) is 0 Å². The Balaban J connectivity index is 1.59. The van der Waals surface area contributed by atoms with E-state index in [1.807, 2.05) is 23.1 Å². The first-order chi connectivity index (χ1) is 12.6. The molecule has 26 heavy (non-hydrogen) atoms. The van der Waals surface area contributed by atoms with Gasteiger partial charge < -0.3 is 15.5 Å². The summed E-state index contributed by atoms with van der Waals surface area (Å²) in [6.45, 7) is 7.67. The Hall–Kier alpha value is -1.88. The van der Waals surface area contributed by atoms with Gasteiger partial charge in [0.25, 0.3) is 0 Å². The molecular formula is C21H31N3O2. The molecule has 0 aliphatic carbocycles. The summed E-state index contributed by atoms with van der Waals surface area (Å²) < 4.78 is 0. The molecule has 1 aromatic carbocycles. The van der Waals surface area contributed by atoms with Crippen molar-refractivity contribution >= 4 is 17.5 Å². The number of carbonyl (C=O) groups is 2. The molecule has 2 aliphatic rings. The molecule has 3 unspecified atom stereocenters. The second-order valence-corrected chi connectivity index (χ2v) is 7.71. The van der Waals surface area contributed by atoms with E-state index in [0.29, 0.717) is 31.3 Å². The number of carbonyl (C=O) groups excluding carboxylic acids is 2. The summed E-state index contributed by atoms with van der Waals surface area (Å²) in [4.78, 5) is 26.9. The van der Waals surface area contributed by atoms with Gasteiger partial charge in [0.15, 0.2) is 0 Å². The van der Waals surface area contributed by atoms with E-state index >= 15 is 0 Å². The second kappa shape index (κ2) is 8.67. The topological polar surface area (TPSA) is 61.4 Å². The maximum atomic E-state index is 12.6. The Bertz CT molecular complexity index is 640. The predicted octanol–water partition coefficient (Wildman–Crippen LogP) is 2.67. The molecule has 0 aromatic heterocycles. The van der Waals surface area contributed by atoms with Crippen LogP contribution in [-0.4, -0.2) is 38.0 Å². The van der Waals surface area contributed by atoms with E-state index in [2.05, 4.69) is 30.5 Å². The Morgan fingerprint density at radius 3 is 2.92 bits per heavy atom. The van der Waals surface area contributed by atoms with Crippen molar-refractivity contribution in [2.24, 2.45) is 11.8 Å². The molecule has 5 heteroatoms. The number of hydrogen-bond donors (Lipinski definition) is 2. The van der Waals surface area contributed by atoms with Crippen molar-refractivity contribution in [3.8, 4) is 0 Å². The van der Waals surface area contributed by atoms with Crippen LogP contribution in [0.5, 0.6) is 0 Å². The summed E-state index contributed by atoms with van der Waals surface area (Å²) in [6.07, 6.45) is 3.54. The average molecular weight is 357 g/mol. The molecule has 1 aromatic rings. The minimum Gasteiger partial charge on any atom is -0.356 e. The number of nitrogens with zero attached hydrogens (tertiary/aromatic N) is 1. The number of nitrogens with one attached hydrogen (secondary N) is 2. The number of amides is 2. The summed E-state index contributed by atoms with van der Waals surface area (Å²) in [5.41, 5.74) is 2.16. The van der Waals surface area contributed by atoms with Crippen molar-refractivity contribution in [2.75, 3.05) is 31.1 Å². The van der Waals surface area contributed by atoms with E-state index in [1.165, 1.54) is 12.0 Å². The molecule has 2 fully saturated rings. The third kappa shape index (κ3) is 4.26. The summed E-state index contributed by atoms with van der Waals surface area (Å²) in [6, 6.07) is 8.09. The molecule has 0 saturated carbocycles. The van der Waals surface area contributed by atoms with Gasteiger partial charge in [0.05, 0.1) is 5.92 Å². The highest BCUT2D eigenvalue weighted by molar-refractivity contribution is 6.00. The Kier molecular flexibility index (Phi) is 6.30. The molecule has 2 aliphatic heterocycles. The fourth-order valence-electron chi connectivity index (χ4n) is 3.99. The van der Waals surface area contributed by atoms with Crippen LogP contribution >= 0.6 is 0 Å². The van der Waals surface area contributed by atoms with Crippen LogP contribution in [0.4, 0.5) is 5.69 Å². The monoisotopic (exact) mass is 357 g/mol. The molecule has 0 spiro atoms. The maximum absolute atomic E-state index is 12.6. The molecule has 142 valence electrons. The van der Waals surface area contributed by atoms with Crippen LogP contribution < -0.4 is 15.5 Å². The minimum absolute atomic E-state index is 0.0211. The molecule has 5 nitrogen and oxygen atoms in total. The van der Waals surface area contributed by atoms with Crippen LogP contribution in [0.1, 0.15) is 51.0 Å². The molecule has 2 heterocycles. The summed E-state index contributed by atoms with van der Waals surface area (Å²) in [5, 5.41) is 6.40. The number of anilines is 1. The highest BCUT2D eigenvalue weighted by Crippen LogP contribution is 2.33. The zero-order valence-corrected chi connectivity index (χ0v) is 16.0. The molecular weight excluding hydrogens is 326 g/mol. The van der Waals surface area contributed by atoms with Gasteiger partial charge in [-0.05, 0) is 55.8 Å². The normalized spacial score (nSPS) is 24.1. The fraction of sp³-hybridized carbons (Fsp3) is 0.619. The summed E-state index contributed by atoms with van der Waals surface area (Å²) >= 11 is 0. The third-order valence-corrected chi connectivity index (χ3v) is 5.88. The highest BCUT2D eigenvalue weighted by Gasteiger charge is 2.36. The van der Waals surface area contributed by atoms with Crippen molar-refractivity contribution in [3.63, 3.8) is 0 Å². The standard InChI is InChI=1S/C21H31N3O2/c1-3-15(2)18-6-4-5-7-19(18)24-14-17(12-20(24)25)21(26)23-11-9-16-8-10-22-13-16/h4-7,15-17,22H,3,8-14H2,1-2H3,(H,23,26). The van der Waals surface area contributed by atoms with Crippen LogP contribution in [0.2, 0.25) is 0 Å². The number of benzene rings is 1. The molecule has 0 radical (unpaired) electrons. The lowest BCUT2D eigenvalue weighted by atomic mass is 9.96. The first-order valence-electron chi connectivity index (χ1n) is 9.97. The van der Waals surface area contributed by atoms with Crippen molar-refractivity contribution in [1.29, 1.82) is 0 Å². The van der Waals surface area contributed by atoms with Crippen LogP contribution in [0.25, 0.3) is 0 Å². The molecule has 2 N–H and O–H groups in total. The first kappa shape index (κ1) is 18.9.